The van der Waals surface area contributed by atoms with Gasteiger partial charge in [0.1, 0.15) is 24.2 Å². The van der Waals surface area contributed by atoms with E-state index in [2.05, 4.69) is 26.6 Å². The third kappa shape index (κ3) is 16.9. The van der Waals surface area contributed by atoms with Crippen molar-refractivity contribution in [2.75, 3.05) is 7.11 Å². The van der Waals surface area contributed by atoms with Gasteiger partial charge in [0.05, 0.1) is 19.3 Å². The maximum absolute atomic E-state index is 13.9. The lowest BCUT2D eigenvalue weighted by Gasteiger charge is -2.30. The highest BCUT2D eigenvalue weighted by atomic mass is 16.5. The lowest BCUT2D eigenvalue weighted by atomic mass is 9.95. The molecule has 0 radical (unpaired) electrons. The summed E-state index contributed by atoms with van der Waals surface area (Å²) in [6.45, 7) is 14.9. The Labute approximate surface area is 332 Å². The van der Waals surface area contributed by atoms with E-state index in [1.54, 1.807) is 27.7 Å². The van der Waals surface area contributed by atoms with Gasteiger partial charge in [-0.25, -0.2) is 4.79 Å². The summed E-state index contributed by atoms with van der Waals surface area (Å²) in [5.41, 5.74) is 1.62. The van der Waals surface area contributed by atoms with Crippen LogP contribution < -0.4 is 26.6 Å². The minimum absolute atomic E-state index is 0.0584. The van der Waals surface area contributed by atoms with Crippen LogP contribution in [0.3, 0.4) is 0 Å². The van der Waals surface area contributed by atoms with Crippen LogP contribution >= 0.6 is 0 Å². The second-order valence-electron chi connectivity index (χ2n) is 16.1. The van der Waals surface area contributed by atoms with Crippen molar-refractivity contribution >= 4 is 35.5 Å². The largest absolute Gasteiger partial charge is 0.467 e. The number of hydrogen-bond acceptors (Lipinski definition) is 8. The van der Waals surface area contributed by atoms with E-state index >= 15 is 0 Å². The van der Waals surface area contributed by atoms with Gasteiger partial charge in [-0.1, -0.05) is 116 Å². The summed E-state index contributed by atoms with van der Waals surface area (Å²) in [5, 5.41) is 25.6. The van der Waals surface area contributed by atoms with Crippen molar-refractivity contribution < 1.29 is 38.6 Å². The van der Waals surface area contributed by atoms with Gasteiger partial charge in [-0.2, -0.15) is 0 Å². The van der Waals surface area contributed by atoms with E-state index in [0.29, 0.717) is 6.42 Å². The van der Waals surface area contributed by atoms with E-state index in [9.17, 15) is 33.9 Å². The van der Waals surface area contributed by atoms with Gasteiger partial charge in [-0.05, 0) is 54.1 Å². The van der Waals surface area contributed by atoms with Crippen molar-refractivity contribution in [1.82, 2.24) is 26.6 Å². The molecule has 2 aromatic carbocycles. The summed E-state index contributed by atoms with van der Waals surface area (Å²) in [6, 6.07) is 13.8. The molecule has 310 valence electrons. The molecule has 0 saturated heterocycles. The third-order valence-electron chi connectivity index (χ3n) is 9.31. The highest BCUT2D eigenvalue weighted by Gasteiger charge is 2.33. The molecule has 2 aromatic rings. The quantitative estimate of drug-likeness (QED) is 0.0922. The molecular weight excluding hydrogens is 714 g/mol. The van der Waals surface area contributed by atoms with E-state index < -0.39 is 65.9 Å². The second-order valence-corrected chi connectivity index (χ2v) is 16.1. The predicted octanol–water partition coefficient (Wildman–Crippen LogP) is 3.61. The molecule has 6 N–H and O–H groups in total. The van der Waals surface area contributed by atoms with Gasteiger partial charge in [0.2, 0.25) is 29.5 Å². The molecule has 0 aliphatic carbocycles. The van der Waals surface area contributed by atoms with Gasteiger partial charge < -0.3 is 36.4 Å². The first-order chi connectivity index (χ1) is 26.4. The van der Waals surface area contributed by atoms with Crippen LogP contribution in [-0.2, 0) is 46.3 Å². The molecule has 56 heavy (non-hydrogen) atoms. The molecule has 4 unspecified atom stereocenters. The normalized spacial score (nSPS) is 14.6. The molecule has 6 atom stereocenters. The zero-order valence-corrected chi connectivity index (χ0v) is 34.6. The van der Waals surface area contributed by atoms with Gasteiger partial charge in [-0.3, -0.25) is 24.0 Å². The van der Waals surface area contributed by atoms with Gasteiger partial charge in [-0.15, -0.1) is 0 Å². The Morgan fingerprint density at radius 3 is 1.59 bits per heavy atom. The Hall–Kier alpha value is -4.78. The number of carbonyl (C=O) groups excluding carboxylic acids is 6. The number of carbonyl (C=O) groups is 6. The summed E-state index contributed by atoms with van der Waals surface area (Å²) < 4.78 is 4.87. The molecule has 0 spiro atoms. The number of aliphatic hydroxyl groups excluding tert-OH is 1. The predicted molar refractivity (Wildman–Crippen MR) is 216 cm³/mol. The minimum atomic E-state index is -1.19. The van der Waals surface area contributed by atoms with Crippen molar-refractivity contribution in [2.45, 2.75) is 130 Å². The summed E-state index contributed by atoms with van der Waals surface area (Å²) in [5.74, 6) is -3.30. The van der Waals surface area contributed by atoms with Crippen LogP contribution in [0.2, 0.25) is 0 Å². The fraction of sp³-hybridized carbons (Fsp3) is 0.581. The van der Waals surface area contributed by atoms with Gasteiger partial charge in [0.25, 0.3) is 0 Å². The Morgan fingerprint density at radius 1 is 0.589 bits per heavy atom. The van der Waals surface area contributed by atoms with E-state index in [0.717, 1.165) is 11.1 Å². The number of benzene rings is 2. The number of amides is 5. The number of hydrogen-bond donors (Lipinski definition) is 6. The first-order valence-electron chi connectivity index (χ1n) is 19.7. The van der Waals surface area contributed by atoms with Crippen LogP contribution in [0.4, 0.5) is 0 Å². The summed E-state index contributed by atoms with van der Waals surface area (Å²) >= 11 is 0. The van der Waals surface area contributed by atoms with Crippen LogP contribution in [0.15, 0.2) is 60.7 Å². The van der Waals surface area contributed by atoms with Gasteiger partial charge in [0, 0.05) is 19.3 Å². The first-order valence-corrected chi connectivity index (χ1v) is 19.7. The standard InChI is InChI=1S/C43H65N5O8/c1-26(2)22-33(45-37(51)23-27(3)4)40(52)47-38(28(5)6)42(54)46-32(24-30-16-12-10-13-17-30)35(49)20-21-36(50)44-34(25-31-18-14-11-15-19-31)41(53)48-39(29(7)8)43(55)56-9/h10-19,26-29,32-35,38-39,49H,20-25H2,1-9H3,(H,44,50)(H,45,51)(H,46,54)(H,47,52)(H,48,53)/t32-,33?,34?,35-,38?,39?/m0/s1. The minimum Gasteiger partial charge on any atom is -0.467 e. The zero-order chi connectivity index (χ0) is 41.9. The number of methoxy groups -OCH3 is 1. The molecule has 13 heteroatoms. The fourth-order valence-electron chi connectivity index (χ4n) is 6.22. The molecule has 0 fully saturated rings. The Bertz CT molecular complexity index is 1550. The third-order valence-corrected chi connectivity index (χ3v) is 9.31. The number of nitrogens with one attached hydrogen (secondary N) is 5. The van der Waals surface area contributed by atoms with Gasteiger partial charge >= 0.3 is 5.97 Å². The molecular formula is C43H65N5O8. The van der Waals surface area contributed by atoms with Crippen LogP contribution in [0.5, 0.6) is 0 Å². The number of rotatable bonds is 23. The van der Waals surface area contributed by atoms with E-state index in [1.165, 1.54) is 7.11 Å². The average Bonchev–Trinajstić information content (AvgIpc) is 3.13. The molecule has 0 aliphatic rings. The highest BCUT2D eigenvalue weighted by molar-refractivity contribution is 5.93. The van der Waals surface area contributed by atoms with Crippen LogP contribution in [0, 0.1) is 23.7 Å². The Morgan fingerprint density at radius 2 is 1.09 bits per heavy atom. The maximum Gasteiger partial charge on any atom is 0.328 e. The topological polar surface area (TPSA) is 192 Å². The lowest BCUT2D eigenvalue weighted by molar-refractivity contribution is -0.146. The monoisotopic (exact) mass is 779 g/mol. The van der Waals surface area contributed by atoms with Crippen molar-refractivity contribution in [3.8, 4) is 0 Å². The van der Waals surface area contributed by atoms with E-state index in [-0.39, 0.29) is 61.7 Å². The number of esters is 1. The molecule has 0 saturated carbocycles. The fourth-order valence-corrected chi connectivity index (χ4v) is 6.22. The Kier molecular flexibility index (Phi) is 20.3. The molecule has 0 aromatic heterocycles. The van der Waals surface area contributed by atoms with Crippen molar-refractivity contribution in [3.63, 3.8) is 0 Å². The zero-order valence-electron chi connectivity index (χ0n) is 34.6. The smallest absolute Gasteiger partial charge is 0.328 e. The van der Waals surface area contributed by atoms with Crippen molar-refractivity contribution in [2.24, 2.45) is 23.7 Å². The summed E-state index contributed by atoms with van der Waals surface area (Å²) in [7, 11) is 1.24. The molecule has 0 aliphatic heterocycles. The summed E-state index contributed by atoms with van der Waals surface area (Å²) in [6.07, 6.45) is -0.387. The maximum atomic E-state index is 13.9. The lowest BCUT2D eigenvalue weighted by Crippen LogP contribution is -2.58. The molecule has 5 amide bonds. The van der Waals surface area contributed by atoms with Crippen molar-refractivity contribution in [3.05, 3.63) is 71.8 Å². The molecule has 0 heterocycles. The van der Waals surface area contributed by atoms with Gasteiger partial charge in [0.15, 0.2) is 0 Å². The van der Waals surface area contributed by atoms with Crippen LogP contribution in [0.1, 0.15) is 92.2 Å². The van der Waals surface area contributed by atoms with Crippen LogP contribution in [0.25, 0.3) is 0 Å². The highest BCUT2D eigenvalue weighted by Crippen LogP contribution is 2.15. The Balaban J connectivity index is 2.25. The number of aliphatic hydroxyl groups is 1. The number of ether oxygens (including phenoxy) is 1. The van der Waals surface area contributed by atoms with E-state index in [4.69, 9.17) is 4.74 Å². The summed E-state index contributed by atoms with van der Waals surface area (Å²) in [4.78, 5) is 79.4. The molecule has 13 nitrogen and oxygen atoms in total. The van der Waals surface area contributed by atoms with Crippen LogP contribution in [-0.4, -0.2) is 84.0 Å². The molecule has 0 bridgehead atoms. The second kappa shape index (κ2) is 24.0. The first kappa shape index (κ1) is 47.4. The molecule has 2 rings (SSSR count). The van der Waals surface area contributed by atoms with Crippen molar-refractivity contribution in [1.29, 1.82) is 0 Å². The van der Waals surface area contributed by atoms with E-state index in [1.807, 2.05) is 88.4 Å². The SMILES string of the molecule is COC(=O)C(NC(=O)C(Cc1ccccc1)NC(=O)CC[C@H](O)[C@H](Cc1ccccc1)NC(=O)C(NC(=O)C(CC(C)C)NC(=O)CC(C)C)C(C)C)C(C)C. The average molecular weight is 780 g/mol.